The molecule has 104 valence electrons. The Kier molecular flexibility index (Phi) is 6.12. The lowest BCUT2D eigenvalue weighted by Crippen LogP contribution is -2.49. The van der Waals surface area contributed by atoms with Gasteiger partial charge in [-0.3, -0.25) is 4.79 Å². The minimum absolute atomic E-state index is 0.126. The summed E-state index contributed by atoms with van der Waals surface area (Å²) >= 11 is 0. The molecule has 0 radical (unpaired) electrons. The van der Waals surface area contributed by atoms with E-state index in [0.29, 0.717) is 6.42 Å². The van der Waals surface area contributed by atoms with Crippen molar-refractivity contribution in [3.63, 3.8) is 0 Å². The van der Waals surface area contributed by atoms with E-state index in [2.05, 4.69) is 5.32 Å². The van der Waals surface area contributed by atoms with Gasteiger partial charge in [0.1, 0.15) is 6.04 Å². The highest BCUT2D eigenvalue weighted by Crippen LogP contribution is 2.23. The molecule has 1 rings (SSSR count). The van der Waals surface area contributed by atoms with Gasteiger partial charge in [0.25, 0.3) is 0 Å². The van der Waals surface area contributed by atoms with Crippen molar-refractivity contribution in [2.75, 3.05) is 0 Å². The number of hydrogen-bond donors (Lipinski definition) is 3. The Hall–Kier alpha value is -1.10. The summed E-state index contributed by atoms with van der Waals surface area (Å²) in [4.78, 5) is 23.1. The zero-order valence-electron chi connectivity index (χ0n) is 11.0. The molecule has 5 heteroatoms. The van der Waals surface area contributed by atoms with Crippen molar-refractivity contribution in [3.8, 4) is 0 Å². The predicted octanol–water partition coefficient (Wildman–Crippen LogP) is 1.26. The number of nitrogens with two attached hydrogens (primary N) is 1. The molecule has 0 aromatic carbocycles. The normalized spacial score (nSPS) is 25.4. The van der Waals surface area contributed by atoms with E-state index >= 15 is 0 Å². The van der Waals surface area contributed by atoms with E-state index in [1.54, 1.807) is 0 Å². The van der Waals surface area contributed by atoms with Gasteiger partial charge in [-0.05, 0) is 19.3 Å². The van der Waals surface area contributed by atoms with E-state index in [1.807, 2.05) is 6.92 Å². The van der Waals surface area contributed by atoms with Crippen LogP contribution in [0.15, 0.2) is 0 Å². The summed E-state index contributed by atoms with van der Waals surface area (Å²) in [6, 6.07) is -0.897. The van der Waals surface area contributed by atoms with Crippen molar-refractivity contribution in [3.05, 3.63) is 0 Å². The number of unbranched alkanes of at least 4 members (excludes halogenated alkanes) is 1. The summed E-state index contributed by atoms with van der Waals surface area (Å²) in [6.07, 6.45) is 5.88. The van der Waals surface area contributed by atoms with Crippen LogP contribution in [0.25, 0.3) is 0 Å². The number of carbonyl (C=O) groups is 2. The smallest absolute Gasteiger partial charge is 0.326 e. The molecular formula is C13H24N2O3. The summed E-state index contributed by atoms with van der Waals surface area (Å²) in [5.74, 6) is -1.37. The standard InChI is InChI=1S/C13H24N2O3/c1-2-3-8-11(13(17)18)15-12(16)9-6-4-5-7-10(9)14/h9-11H,2-8,14H2,1H3,(H,15,16)(H,17,18). The van der Waals surface area contributed by atoms with Gasteiger partial charge in [0.05, 0.1) is 5.92 Å². The largest absolute Gasteiger partial charge is 0.480 e. The first-order valence-electron chi connectivity index (χ1n) is 6.85. The maximum Gasteiger partial charge on any atom is 0.326 e. The first-order chi connectivity index (χ1) is 8.56. The number of carbonyl (C=O) groups excluding carboxylic acids is 1. The molecule has 0 aliphatic heterocycles. The molecule has 5 nitrogen and oxygen atoms in total. The number of aliphatic carboxylic acids is 1. The second kappa shape index (κ2) is 7.36. The van der Waals surface area contributed by atoms with E-state index in [0.717, 1.165) is 38.5 Å². The van der Waals surface area contributed by atoms with Crippen LogP contribution < -0.4 is 11.1 Å². The van der Waals surface area contributed by atoms with Gasteiger partial charge >= 0.3 is 5.97 Å². The average molecular weight is 256 g/mol. The van der Waals surface area contributed by atoms with Crippen molar-refractivity contribution in [2.45, 2.75) is 64.0 Å². The number of hydrogen-bond acceptors (Lipinski definition) is 3. The van der Waals surface area contributed by atoms with E-state index in [-0.39, 0.29) is 17.9 Å². The Balaban J connectivity index is 2.51. The minimum atomic E-state index is -0.957. The zero-order chi connectivity index (χ0) is 13.5. The predicted molar refractivity (Wildman–Crippen MR) is 69.0 cm³/mol. The van der Waals surface area contributed by atoms with Crippen LogP contribution >= 0.6 is 0 Å². The van der Waals surface area contributed by atoms with Crippen LogP contribution in [0.4, 0.5) is 0 Å². The second-order valence-electron chi connectivity index (χ2n) is 5.10. The Morgan fingerprint density at radius 3 is 2.61 bits per heavy atom. The molecule has 4 N–H and O–H groups in total. The number of carboxylic acids is 1. The molecular weight excluding hydrogens is 232 g/mol. The highest BCUT2D eigenvalue weighted by Gasteiger charge is 2.30. The Morgan fingerprint density at radius 2 is 2.06 bits per heavy atom. The molecule has 3 unspecified atom stereocenters. The molecule has 0 bridgehead atoms. The number of carboxylic acid groups (broad SMARTS) is 1. The first kappa shape index (κ1) is 15.0. The molecule has 0 saturated heterocycles. The summed E-state index contributed by atoms with van der Waals surface area (Å²) in [7, 11) is 0. The third kappa shape index (κ3) is 4.29. The van der Waals surface area contributed by atoms with Crippen LogP contribution in [0.1, 0.15) is 51.9 Å². The monoisotopic (exact) mass is 256 g/mol. The number of nitrogens with one attached hydrogen (secondary N) is 1. The lowest BCUT2D eigenvalue weighted by Gasteiger charge is -2.28. The van der Waals surface area contributed by atoms with Crippen LogP contribution in [-0.4, -0.2) is 29.1 Å². The highest BCUT2D eigenvalue weighted by molar-refractivity contribution is 5.85. The van der Waals surface area contributed by atoms with E-state index in [4.69, 9.17) is 10.8 Å². The topological polar surface area (TPSA) is 92.4 Å². The van der Waals surface area contributed by atoms with E-state index in [1.165, 1.54) is 0 Å². The van der Waals surface area contributed by atoms with Gasteiger partial charge in [0.2, 0.25) is 5.91 Å². The van der Waals surface area contributed by atoms with Crippen LogP contribution in [-0.2, 0) is 9.59 Å². The molecule has 1 aliphatic carbocycles. The first-order valence-corrected chi connectivity index (χ1v) is 6.85. The van der Waals surface area contributed by atoms with Gasteiger partial charge in [-0.25, -0.2) is 4.79 Å². The Labute approximate surface area is 108 Å². The third-order valence-corrected chi connectivity index (χ3v) is 3.62. The fourth-order valence-electron chi connectivity index (χ4n) is 2.43. The molecule has 18 heavy (non-hydrogen) atoms. The van der Waals surface area contributed by atoms with Crippen LogP contribution in [0.3, 0.4) is 0 Å². The summed E-state index contributed by atoms with van der Waals surface area (Å²) < 4.78 is 0. The molecule has 0 aromatic heterocycles. The van der Waals surface area contributed by atoms with Gasteiger partial charge in [0, 0.05) is 6.04 Å². The maximum absolute atomic E-state index is 12.0. The fourth-order valence-corrected chi connectivity index (χ4v) is 2.43. The Morgan fingerprint density at radius 1 is 1.39 bits per heavy atom. The van der Waals surface area contributed by atoms with Gasteiger partial charge < -0.3 is 16.2 Å². The number of rotatable bonds is 6. The van der Waals surface area contributed by atoms with E-state index < -0.39 is 12.0 Å². The summed E-state index contributed by atoms with van der Waals surface area (Å²) in [5.41, 5.74) is 5.92. The molecule has 0 heterocycles. The van der Waals surface area contributed by atoms with Gasteiger partial charge in [-0.2, -0.15) is 0 Å². The van der Waals surface area contributed by atoms with E-state index in [9.17, 15) is 9.59 Å². The minimum Gasteiger partial charge on any atom is -0.480 e. The SMILES string of the molecule is CCCCC(NC(=O)C1CCCCC1N)C(=O)O. The molecule has 1 aliphatic rings. The van der Waals surface area contributed by atoms with Crippen molar-refractivity contribution < 1.29 is 14.7 Å². The molecule has 0 spiro atoms. The molecule has 1 amide bonds. The summed E-state index contributed by atoms with van der Waals surface area (Å²) in [6.45, 7) is 2.00. The van der Waals surface area contributed by atoms with Gasteiger partial charge in [-0.15, -0.1) is 0 Å². The molecule has 1 fully saturated rings. The van der Waals surface area contributed by atoms with Gasteiger partial charge in [0.15, 0.2) is 0 Å². The third-order valence-electron chi connectivity index (χ3n) is 3.62. The zero-order valence-corrected chi connectivity index (χ0v) is 11.0. The lowest BCUT2D eigenvalue weighted by molar-refractivity contribution is -0.143. The van der Waals surface area contributed by atoms with Crippen LogP contribution in [0.2, 0.25) is 0 Å². The molecule has 3 atom stereocenters. The van der Waals surface area contributed by atoms with Gasteiger partial charge in [-0.1, -0.05) is 32.6 Å². The number of amides is 1. The van der Waals surface area contributed by atoms with Crippen molar-refractivity contribution in [2.24, 2.45) is 11.7 Å². The van der Waals surface area contributed by atoms with Crippen molar-refractivity contribution in [1.29, 1.82) is 0 Å². The second-order valence-corrected chi connectivity index (χ2v) is 5.10. The molecule has 0 aromatic rings. The highest BCUT2D eigenvalue weighted by atomic mass is 16.4. The van der Waals surface area contributed by atoms with Crippen LogP contribution in [0.5, 0.6) is 0 Å². The maximum atomic E-state index is 12.0. The van der Waals surface area contributed by atoms with Crippen LogP contribution in [0, 0.1) is 5.92 Å². The Bertz CT molecular complexity index is 294. The summed E-state index contributed by atoms with van der Waals surface area (Å²) in [5, 5.41) is 11.7. The van der Waals surface area contributed by atoms with Crippen molar-refractivity contribution in [1.82, 2.24) is 5.32 Å². The fraction of sp³-hybridized carbons (Fsp3) is 0.846. The lowest BCUT2D eigenvalue weighted by atomic mass is 9.84. The average Bonchev–Trinajstić information content (AvgIpc) is 2.34. The quantitative estimate of drug-likeness (QED) is 0.667. The van der Waals surface area contributed by atoms with Crippen molar-refractivity contribution >= 4 is 11.9 Å². The molecule has 1 saturated carbocycles.